The maximum atomic E-state index is 13.5. The molecule has 2 aliphatic rings. The number of unbranched alkanes of at least 4 members (excludes halogenated alkanes) is 1. The van der Waals surface area contributed by atoms with Crippen molar-refractivity contribution < 1.29 is 9.59 Å². The third-order valence-electron chi connectivity index (χ3n) is 7.62. The number of hydrogen-bond acceptors (Lipinski definition) is 5. The number of carbonyl (C=O) groups excluding carboxylic acids is 2. The molecule has 2 fully saturated rings. The Labute approximate surface area is 216 Å². The largest absolute Gasteiger partial charge is 0.342 e. The number of carbonyl (C=O) groups is 2. The fourth-order valence-corrected chi connectivity index (χ4v) is 5.56. The van der Waals surface area contributed by atoms with Gasteiger partial charge in [0, 0.05) is 43.6 Å². The molecule has 1 atom stereocenters. The molecule has 0 saturated carbocycles. The molecule has 1 spiro atoms. The van der Waals surface area contributed by atoms with E-state index in [4.69, 9.17) is 5.10 Å². The van der Waals surface area contributed by atoms with Crippen molar-refractivity contribution >= 4 is 11.8 Å². The Morgan fingerprint density at radius 1 is 1.17 bits per heavy atom. The molecule has 0 bridgehead atoms. The predicted octanol–water partition coefficient (Wildman–Crippen LogP) is 4.03. The first-order chi connectivity index (χ1) is 16.8. The van der Waals surface area contributed by atoms with Crippen molar-refractivity contribution in [1.82, 2.24) is 29.9 Å². The van der Waals surface area contributed by atoms with Gasteiger partial charge in [0.05, 0.1) is 5.69 Å². The number of amides is 2. The monoisotopic (exact) mass is 496 g/mol. The second-order valence-corrected chi connectivity index (χ2v) is 10.6. The molecule has 198 valence electrons. The van der Waals surface area contributed by atoms with Crippen LogP contribution >= 0.6 is 0 Å². The second-order valence-electron chi connectivity index (χ2n) is 10.6. The van der Waals surface area contributed by atoms with Gasteiger partial charge in [0.25, 0.3) is 0 Å². The Bertz CT molecular complexity index is 1040. The number of aryl methyl sites for hydroxylation is 1. The van der Waals surface area contributed by atoms with Gasteiger partial charge >= 0.3 is 0 Å². The topological polar surface area (TPSA) is 83.4 Å². The van der Waals surface area contributed by atoms with Crippen LogP contribution in [0.15, 0.2) is 24.4 Å². The Balaban J connectivity index is 0.00000361. The fourth-order valence-electron chi connectivity index (χ4n) is 5.56. The first kappa shape index (κ1) is 27.8. The number of aromatic nitrogens is 3. The highest BCUT2D eigenvalue weighted by molar-refractivity contribution is 6.00. The van der Waals surface area contributed by atoms with Gasteiger partial charge < -0.3 is 10.2 Å². The van der Waals surface area contributed by atoms with E-state index in [2.05, 4.69) is 42.9 Å². The molecule has 0 radical (unpaired) electrons. The van der Waals surface area contributed by atoms with Gasteiger partial charge in [0.15, 0.2) is 5.82 Å². The lowest BCUT2D eigenvalue weighted by Gasteiger charge is -2.52. The molecule has 2 aromatic rings. The Kier molecular flexibility index (Phi) is 8.93. The van der Waals surface area contributed by atoms with Gasteiger partial charge in [-0.2, -0.15) is 5.10 Å². The maximum Gasteiger partial charge on any atom is 0.246 e. The summed E-state index contributed by atoms with van der Waals surface area (Å²) >= 11 is 0. The van der Waals surface area contributed by atoms with E-state index in [9.17, 15) is 9.59 Å². The van der Waals surface area contributed by atoms with E-state index in [1.807, 2.05) is 34.7 Å². The van der Waals surface area contributed by atoms with E-state index < -0.39 is 11.6 Å². The van der Waals surface area contributed by atoms with E-state index in [-0.39, 0.29) is 19.2 Å². The molecule has 2 amide bonds. The number of hydrogen-bond donors (Lipinski definition) is 1. The Hall–Kier alpha value is -2.74. The van der Waals surface area contributed by atoms with Gasteiger partial charge in [-0.25, -0.2) is 9.67 Å². The number of likely N-dealkylation sites (tertiary alicyclic amines) is 1. The summed E-state index contributed by atoms with van der Waals surface area (Å²) in [6, 6.07) is 5.44. The minimum absolute atomic E-state index is 0. The van der Waals surface area contributed by atoms with Crippen LogP contribution in [0.25, 0.3) is 5.82 Å². The van der Waals surface area contributed by atoms with Gasteiger partial charge in [-0.15, -0.1) is 0 Å². The molecule has 8 heteroatoms. The van der Waals surface area contributed by atoms with Crippen LogP contribution < -0.4 is 5.32 Å². The van der Waals surface area contributed by atoms with E-state index in [0.717, 1.165) is 49.7 Å². The van der Waals surface area contributed by atoms with Crippen molar-refractivity contribution in [2.24, 2.45) is 5.92 Å². The standard InChI is InChI=1S/C27H40N6O2.CH4/c1-6-7-14-32-25(34)23(17-19(2)3)29-26(35)27(32)11-15-31(16-12-27)18-22-20(4)30-33(21(22)5)24-10-8-9-13-28-24;/h8-10,13,19,23H,6-7,11-12,14-18H2,1-5H3,(H,29,35);1H4/t23-;/m0./s1. The summed E-state index contributed by atoms with van der Waals surface area (Å²) in [7, 11) is 0. The third kappa shape index (κ3) is 5.33. The third-order valence-corrected chi connectivity index (χ3v) is 7.62. The molecule has 0 unspecified atom stereocenters. The van der Waals surface area contributed by atoms with Crippen LogP contribution in [0, 0.1) is 19.8 Å². The lowest BCUT2D eigenvalue weighted by Crippen LogP contribution is -2.73. The lowest BCUT2D eigenvalue weighted by atomic mass is 9.80. The summed E-state index contributed by atoms with van der Waals surface area (Å²) in [6.45, 7) is 13.4. The van der Waals surface area contributed by atoms with E-state index in [0.29, 0.717) is 31.7 Å². The molecule has 2 aliphatic heterocycles. The van der Waals surface area contributed by atoms with Crippen LogP contribution in [0.2, 0.25) is 0 Å². The van der Waals surface area contributed by atoms with E-state index in [1.54, 1.807) is 6.20 Å². The van der Waals surface area contributed by atoms with Crippen molar-refractivity contribution in [2.45, 2.75) is 92.3 Å². The highest BCUT2D eigenvalue weighted by Gasteiger charge is 2.53. The molecule has 4 heterocycles. The number of nitrogens with one attached hydrogen (secondary N) is 1. The molecule has 2 aromatic heterocycles. The van der Waals surface area contributed by atoms with Crippen molar-refractivity contribution in [3.8, 4) is 5.82 Å². The van der Waals surface area contributed by atoms with Crippen LogP contribution in [0.3, 0.4) is 0 Å². The quantitative estimate of drug-likeness (QED) is 0.597. The molecular formula is C28H44N6O2. The zero-order valence-electron chi connectivity index (χ0n) is 21.9. The van der Waals surface area contributed by atoms with Gasteiger partial charge in [-0.05, 0) is 57.6 Å². The minimum Gasteiger partial charge on any atom is -0.342 e. The molecule has 8 nitrogen and oxygen atoms in total. The average molecular weight is 497 g/mol. The first-order valence-electron chi connectivity index (χ1n) is 13.1. The van der Waals surface area contributed by atoms with Crippen molar-refractivity contribution in [3.63, 3.8) is 0 Å². The average Bonchev–Trinajstić information content (AvgIpc) is 3.12. The van der Waals surface area contributed by atoms with Gasteiger partial charge in [-0.3, -0.25) is 14.5 Å². The maximum absolute atomic E-state index is 13.5. The molecule has 2 saturated heterocycles. The summed E-state index contributed by atoms with van der Waals surface area (Å²) < 4.78 is 1.91. The van der Waals surface area contributed by atoms with Gasteiger partial charge in [0.2, 0.25) is 11.8 Å². The highest BCUT2D eigenvalue weighted by Crippen LogP contribution is 2.35. The molecule has 0 aliphatic carbocycles. The van der Waals surface area contributed by atoms with E-state index >= 15 is 0 Å². The van der Waals surface area contributed by atoms with Gasteiger partial charge in [0.1, 0.15) is 11.6 Å². The zero-order chi connectivity index (χ0) is 25.2. The Morgan fingerprint density at radius 2 is 1.89 bits per heavy atom. The summed E-state index contributed by atoms with van der Waals surface area (Å²) in [6.07, 6.45) is 5.71. The smallest absolute Gasteiger partial charge is 0.246 e. The summed E-state index contributed by atoms with van der Waals surface area (Å²) in [5.74, 6) is 1.31. The SMILES string of the molecule is C.CCCCN1C(=O)[C@H](CC(C)C)NC(=O)C12CCN(Cc1c(C)nn(-c3ccccn3)c1C)CC2. The van der Waals surface area contributed by atoms with Crippen LogP contribution in [-0.2, 0) is 16.1 Å². The lowest BCUT2D eigenvalue weighted by molar-refractivity contribution is -0.161. The normalized spacial score (nSPS) is 20.1. The summed E-state index contributed by atoms with van der Waals surface area (Å²) in [5, 5.41) is 7.84. The number of piperidine rings is 1. The van der Waals surface area contributed by atoms with E-state index in [1.165, 1.54) is 5.56 Å². The fraction of sp³-hybridized carbons (Fsp3) is 0.643. The van der Waals surface area contributed by atoms with Crippen LogP contribution in [0.5, 0.6) is 0 Å². The van der Waals surface area contributed by atoms with Crippen molar-refractivity contribution in [1.29, 1.82) is 0 Å². The summed E-state index contributed by atoms with van der Waals surface area (Å²) in [4.78, 5) is 35.7. The number of piperazine rings is 1. The van der Waals surface area contributed by atoms with Crippen LogP contribution in [0.4, 0.5) is 0 Å². The first-order valence-corrected chi connectivity index (χ1v) is 13.1. The highest BCUT2D eigenvalue weighted by atomic mass is 16.2. The number of rotatable bonds is 8. The van der Waals surface area contributed by atoms with Gasteiger partial charge in [-0.1, -0.05) is 40.7 Å². The number of pyridine rings is 1. The zero-order valence-corrected chi connectivity index (χ0v) is 21.9. The molecule has 0 aromatic carbocycles. The molecule has 1 N–H and O–H groups in total. The van der Waals surface area contributed by atoms with Crippen LogP contribution in [-0.4, -0.2) is 67.6 Å². The Morgan fingerprint density at radius 3 is 2.50 bits per heavy atom. The second kappa shape index (κ2) is 11.5. The number of nitrogens with zero attached hydrogens (tertiary/aromatic N) is 5. The molecular weight excluding hydrogens is 452 g/mol. The summed E-state index contributed by atoms with van der Waals surface area (Å²) in [5.41, 5.74) is 2.57. The van der Waals surface area contributed by atoms with Crippen molar-refractivity contribution in [2.75, 3.05) is 19.6 Å². The molecule has 4 rings (SSSR count). The molecule has 36 heavy (non-hydrogen) atoms. The van der Waals surface area contributed by atoms with Crippen LogP contribution in [0.1, 0.15) is 77.3 Å². The minimum atomic E-state index is -0.724. The van der Waals surface area contributed by atoms with Crippen molar-refractivity contribution in [3.05, 3.63) is 41.3 Å². The predicted molar refractivity (Wildman–Crippen MR) is 143 cm³/mol.